The third-order valence-corrected chi connectivity index (χ3v) is 4.51. The highest BCUT2D eigenvalue weighted by atomic mass is 32.2. The van der Waals surface area contributed by atoms with Crippen LogP contribution in [0.1, 0.15) is 24.0 Å². The van der Waals surface area contributed by atoms with Crippen LogP contribution in [0.2, 0.25) is 0 Å². The van der Waals surface area contributed by atoms with Crippen molar-refractivity contribution in [3.8, 4) is 0 Å². The van der Waals surface area contributed by atoms with E-state index in [9.17, 15) is 8.42 Å². The molecule has 5 heteroatoms. The van der Waals surface area contributed by atoms with E-state index in [0.717, 1.165) is 24.0 Å². The van der Waals surface area contributed by atoms with Crippen LogP contribution in [0.15, 0.2) is 24.3 Å². The molecule has 2 rings (SSSR count). The zero-order valence-electron chi connectivity index (χ0n) is 8.89. The molecule has 0 saturated heterocycles. The molecule has 0 amide bonds. The lowest BCUT2D eigenvalue weighted by Gasteiger charge is -2.06. The zero-order valence-corrected chi connectivity index (χ0v) is 9.70. The minimum atomic E-state index is -3.12. The molecule has 1 aliphatic rings. The van der Waals surface area contributed by atoms with E-state index in [1.807, 2.05) is 12.1 Å². The third-order valence-electron chi connectivity index (χ3n) is 2.61. The fourth-order valence-electron chi connectivity index (χ4n) is 1.52. The monoisotopic (exact) mass is 241 g/mol. The lowest BCUT2D eigenvalue weighted by molar-refractivity contribution is 0.281. The molecule has 0 atom stereocenters. The van der Waals surface area contributed by atoms with E-state index in [0.29, 0.717) is 6.54 Å². The molecule has 16 heavy (non-hydrogen) atoms. The van der Waals surface area contributed by atoms with Gasteiger partial charge >= 0.3 is 0 Å². The molecule has 1 aromatic rings. The second-order valence-electron chi connectivity index (χ2n) is 4.04. The van der Waals surface area contributed by atoms with Crippen LogP contribution in [0.3, 0.4) is 0 Å². The highest BCUT2D eigenvalue weighted by Crippen LogP contribution is 2.27. The third kappa shape index (κ3) is 2.81. The van der Waals surface area contributed by atoms with Crippen LogP contribution >= 0.6 is 0 Å². The van der Waals surface area contributed by atoms with Crippen LogP contribution in [0.25, 0.3) is 0 Å². The molecule has 0 aliphatic heterocycles. The van der Waals surface area contributed by atoms with Gasteiger partial charge in [0.25, 0.3) is 0 Å². The molecule has 1 aromatic carbocycles. The van der Waals surface area contributed by atoms with E-state index in [-0.39, 0.29) is 11.9 Å². The largest absolute Gasteiger partial charge is 0.392 e. The van der Waals surface area contributed by atoms with Gasteiger partial charge in [-0.2, -0.15) is 0 Å². The number of aliphatic hydroxyl groups excluding tert-OH is 1. The summed E-state index contributed by atoms with van der Waals surface area (Å²) in [6.45, 7) is 0.274. The second kappa shape index (κ2) is 4.53. The quantitative estimate of drug-likeness (QED) is 0.800. The van der Waals surface area contributed by atoms with Crippen LogP contribution in [-0.4, -0.2) is 18.8 Å². The predicted molar refractivity (Wildman–Crippen MR) is 61.1 cm³/mol. The normalized spacial score (nSPS) is 16.3. The van der Waals surface area contributed by atoms with Crippen LogP contribution in [-0.2, 0) is 23.2 Å². The Morgan fingerprint density at radius 2 is 2.00 bits per heavy atom. The molecule has 0 unspecified atom stereocenters. The Hall–Kier alpha value is -0.910. The van der Waals surface area contributed by atoms with E-state index in [4.69, 9.17) is 5.11 Å². The summed E-state index contributed by atoms with van der Waals surface area (Å²) >= 11 is 0. The van der Waals surface area contributed by atoms with E-state index in [1.165, 1.54) is 0 Å². The summed E-state index contributed by atoms with van der Waals surface area (Å²) in [6, 6.07) is 7.26. The first kappa shape index (κ1) is 11.6. The van der Waals surface area contributed by atoms with Crippen LogP contribution in [0.5, 0.6) is 0 Å². The van der Waals surface area contributed by atoms with Gasteiger partial charge in [-0.05, 0) is 24.0 Å². The standard InChI is InChI=1S/C11H15NO3S/c13-8-10-3-1-2-9(6-10)7-12-16(14,15)11-4-5-11/h1-3,6,11-13H,4-5,7-8H2. The molecular formula is C11H15NO3S. The Bertz CT molecular complexity index is 466. The van der Waals surface area contributed by atoms with Crippen LogP contribution in [0, 0.1) is 0 Å². The topological polar surface area (TPSA) is 66.4 Å². The summed E-state index contributed by atoms with van der Waals surface area (Å²) in [6.07, 6.45) is 1.54. The Balaban J connectivity index is 1.98. The lowest BCUT2D eigenvalue weighted by atomic mass is 10.1. The Kier molecular flexibility index (Phi) is 3.28. The molecule has 1 saturated carbocycles. The minimum absolute atomic E-state index is 0.0246. The van der Waals surface area contributed by atoms with Crippen molar-refractivity contribution in [2.45, 2.75) is 31.2 Å². The summed E-state index contributed by atoms with van der Waals surface area (Å²) in [7, 11) is -3.12. The van der Waals surface area contributed by atoms with Crippen molar-refractivity contribution in [3.05, 3.63) is 35.4 Å². The molecule has 1 aliphatic carbocycles. The number of rotatable bonds is 5. The molecule has 1 fully saturated rings. The Labute approximate surface area is 95.4 Å². The van der Waals surface area contributed by atoms with E-state index in [2.05, 4.69) is 4.72 Å². The van der Waals surface area contributed by atoms with Gasteiger partial charge in [-0.3, -0.25) is 0 Å². The van der Waals surface area contributed by atoms with Gasteiger partial charge in [0.05, 0.1) is 11.9 Å². The van der Waals surface area contributed by atoms with Gasteiger partial charge in [-0.25, -0.2) is 13.1 Å². The number of hydrogen-bond acceptors (Lipinski definition) is 3. The molecule has 0 aromatic heterocycles. The van der Waals surface area contributed by atoms with E-state index >= 15 is 0 Å². The summed E-state index contributed by atoms with van der Waals surface area (Å²) in [4.78, 5) is 0. The maximum atomic E-state index is 11.6. The van der Waals surface area contributed by atoms with Crippen molar-refractivity contribution in [2.75, 3.05) is 0 Å². The first-order valence-electron chi connectivity index (χ1n) is 5.29. The van der Waals surface area contributed by atoms with Crippen molar-refractivity contribution >= 4 is 10.0 Å². The minimum Gasteiger partial charge on any atom is -0.392 e. The average molecular weight is 241 g/mol. The van der Waals surface area contributed by atoms with Crippen LogP contribution < -0.4 is 4.72 Å². The molecule has 0 radical (unpaired) electrons. The molecule has 2 N–H and O–H groups in total. The summed E-state index contributed by atoms with van der Waals surface area (Å²) < 4.78 is 25.7. The average Bonchev–Trinajstić information content (AvgIpc) is 3.11. The predicted octanol–water partition coefficient (Wildman–Crippen LogP) is 0.761. The molecular weight excluding hydrogens is 226 g/mol. The van der Waals surface area contributed by atoms with Crippen LogP contribution in [0.4, 0.5) is 0 Å². The maximum absolute atomic E-state index is 11.6. The number of benzene rings is 1. The fourth-order valence-corrected chi connectivity index (χ4v) is 2.88. The summed E-state index contributed by atoms with van der Waals surface area (Å²) in [5.74, 6) is 0. The Morgan fingerprint density at radius 3 is 2.62 bits per heavy atom. The van der Waals surface area contributed by atoms with Crippen molar-refractivity contribution in [2.24, 2.45) is 0 Å². The van der Waals surface area contributed by atoms with Gasteiger partial charge in [0.2, 0.25) is 10.0 Å². The van der Waals surface area contributed by atoms with Crippen molar-refractivity contribution in [1.29, 1.82) is 0 Å². The van der Waals surface area contributed by atoms with Gasteiger partial charge in [0, 0.05) is 6.54 Å². The summed E-state index contributed by atoms with van der Waals surface area (Å²) in [5.41, 5.74) is 1.67. The molecule has 88 valence electrons. The smallest absolute Gasteiger partial charge is 0.214 e. The van der Waals surface area contributed by atoms with Gasteiger partial charge in [0.15, 0.2) is 0 Å². The highest BCUT2D eigenvalue weighted by molar-refractivity contribution is 7.90. The SMILES string of the molecule is O=S(=O)(NCc1cccc(CO)c1)C1CC1. The first-order chi connectivity index (χ1) is 7.62. The van der Waals surface area contributed by atoms with Gasteiger partial charge < -0.3 is 5.11 Å². The molecule has 0 heterocycles. The van der Waals surface area contributed by atoms with Gasteiger partial charge in [-0.15, -0.1) is 0 Å². The zero-order chi connectivity index (χ0) is 11.6. The molecule has 4 nitrogen and oxygen atoms in total. The Morgan fingerprint density at radius 1 is 1.31 bits per heavy atom. The number of aliphatic hydroxyl groups is 1. The van der Waals surface area contributed by atoms with E-state index in [1.54, 1.807) is 12.1 Å². The molecule has 0 bridgehead atoms. The number of nitrogens with one attached hydrogen (secondary N) is 1. The fraction of sp³-hybridized carbons (Fsp3) is 0.455. The first-order valence-corrected chi connectivity index (χ1v) is 6.83. The maximum Gasteiger partial charge on any atom is 0.214 e. The molecule has 0 spiro atoms. The van der Waals surface area contributed by atoms with Crippen molar-refractivity contribution in [3.63, 3.8) is 0 Å². The lowest BCUT2D eigenvalue weighted by Crippen LogP contribution is -2.26. The van der Waals surface area contributed by atoms with Gasteiger partial charge in [0.1, 0.15) is 0 Å². The highest BCUT2D eigenvalue weighted by Gasteiger charge is 2.35. The van der Waals surface area contributed by atoms with Crippen molar-refractivity contribution in [1.82, 2.24) is 4.72 Å². The van der Waals surface area contributed by atoms with Gasteiger partial charge in [-0.1, -0.05) is 24.3 Å². The van der Waals surface area contributed by atoms with E-state index < -0.39 is 10.0 Å². The summed E-state index contributed by atoms with van der Waals surface area (Å²) in [5, 5.41) is 8.76. The number of sulfonamides is 1. The number of hydrogen-bond donors (Lipinski definition) is 2. The second-order valence-corrected chi connectivity index (χ2v) is 6.09. The van der Waals surface area contributed by atoms with Crippen molar-refractivity contribution < 1.29 is 13.5 Å².